The molecule has 2 N–H and O–H groups in total. The van der Waals surface area contributed by atoms with Crippen LogP contribution in [-0.2, 0) is 28.5 Å². The van der Waals surface area contributed by atoms with E-state index in [4.69, 9.17) is 18.9 Å². The standard InChI is InChI=1S/C16H26N2O6/c19-15-9-22-8-14-12(4-2-6-24-14)18-16(20)10-21-7-13-11(17-15)3-1-5-23-13/h11-14H,1-10H2,(H,17,19)(H,18,20)/t11-,12-,13-,14-/m1/s1. The van der Waals surface area contributed by atoms with Crippen molar-refractivity contribution in [2.24, 2.45) is 0 Å². The minimum Gasteiger partial charge on any atom is -0.374 e. The summed E-state index contributed by atoms with van der Waals surface area (Å²) in [4.78, 5) is 24.2. The Kier molecular flexibility index (Phi) is 6.42. The lowest BCUT2D eigenvalue weighted by atomic mass is 10.0. The first-order chi connectivity index (χ1) is 11.7. The molecule has 0 aliphatic carbocycles. The minimum absolute atomic E-state index is 0.0232. The number of rotatable bonds is 0. The fourth-order valence-corrected chi connectivity index (χ4v) is 3.37. The molecule has 24 heavy (non-hydrogen) atoms. The lowest BCUT2D eigenvalue weighted by Crippen LogP contribution is -2.53. The summed E-state index contributed by atoms with van der Waals surface area (Å²) in [6.07, 6.45) is 2.98. The Bertz CT molecular complexity index is 406. The van der Waals surface area contributed by atoms with Crippen LogP contribution in [-0.4, -0.2) is 75.7 Å². The van der Waals surface area contributed by atoms with E-state index in [2.05, 4.69) is 10.6 Å². The summed E-state index contributed by atoms with van der Waals surface area (Å²) in [6.45, 7) is 1.80. The lowest BCUT2D eigenvalue weighted by Gasteiger charge is -2.34. The highest BCUT2D eigenvalue weighted by atomic mass is 16.5. The molecule has 2 amide bonds. The molecule has 3 heterocycles. The van der Waals surface area contributed by atoms with Gasteiger partial charge in [0.2, 0.25) is 11.8 Å². The molecular weight excluding hydrogens is 316 g/mol. The summed E-state index contributed by atoms with van der Waals surface area (Å²) in [6, 6.07) is -0.223. The van der Waals surface area contributed by atoms with Crippen LogP contribution >= 0.6 is 0 Å². The van der Waals surface area contributed by atoms with E-state index in [1.807, 2.05) is 0 Å². The minimum atomic E-state index is -0.232. The van der Waals surface area contributed by atoms with Crippen LogP contribution < -0.4 is 10.6 Å². The highest BCUT2D eigenvalue weighted by molar-refractivity contribution is 5.78. The van der Waals surface area contributed by atoms with Crippen LogP contribution in [0.1, 0.15) is 25.7 Å². The fraction of sp³-hybridized carbons (Fsp3) is 0.875. The highest BCUT2D eigenvalue weighted by Crippen LogP contribution is 2.16. The Labute approximate surface area is 141 Å². The van der Waals surface area contributed by atoms with Gasteiger partial charge in [-0.05, 0) is 25.7 Å². The van der Waals surface area contributed by atoms with Crippen molar-refractivity contribution in [1.82, 2.24) is 10.6 Å². The maximum atomic E-state index is 12.1. The monoisotopic (exact) mass is 342 g/mol. The van der Waals surface area contributed by atoms with Gasteiger partial charge in [0.05, 0.1) is 25.3 Å². The molecule has 0 spiro atoms. The zero-order valence-electron chi connectivity index (χ0n) is 13.8. The van der Waals surface area contributed by atoms with Gasteiger partial charge in [0.1, 0.15) is 25.4 Å². The number of hydrogen-bond acceptors (Lipinski definition) is 6. The van der Waals surface area contributed by atoms with Crippen LogP contribution in [0, 0.1) is 0 Å². The molecule has 0 saturated carbocycles. The van der Waals surface area contributed by atoms with E-state index >= 15 is 0 Å². The molecule has 136 valence electrons. The zero-order chi connectivity index (χ0) is 16.8. The number of carbonyl (C=O) groups excluding carboxylic acids is 2. The van der Waals surface area contributed by atoms with Gasteiger partial charge in [0, 0.05) is 13.2 Å². The number of carbonyl (C=O) groups is 2. The number of fused-ring (bicyclic) bond motifs is 2. The molecule has 0 radical (unpaired) electrons. The SMILES string of the molecule is O=C1COC[C@H]2OCCC[C@H]2NC(=O)COC[C@H]2OCCC[C@H]2N1. The molecular formula is C16H26N2O6. The molecule has 8 nitrogen and oxygen atoms in total. The molecule has 3 aliphatic rings. The molecule has 0 aromatic heterocycles. The van der Waals surface area contributed by atoms with Gasteiger partial charge in [-0.15, -0.1) is 0 Å². The smallest absolute Gasteiger partial charge is 0.246 e. The van der Waals surface area contributed by atoms with E-state index < -0.39 is 0 Å². The van der Waals surface area contributed by atoms with Crippen LogP contribution in [0.25, 0.3) is 0 Å². The molecule has 0 aromatic rings. The molecule has 0 unspecified atom stereocenters. The summed E-state index contributed by atoms with van der Waals surface area (Å²) in [5.41, 5.74) is 0. The Morgan fingerprint density at radius 1 is 0.750 bits per heavy atom. The third-order valence-corrected chi connectivity index (χ3v) is 4.60. The second-order valence-corrected chi connectivity index (χ2v) is 6.48. The predicted octanol–water partition coefficient (Wildman–Crippen LogP) is -0.639. The lowest BCUT2D eigenvalue weighted by molar-refractivity contribution is -0.139. The Morgan fingerprint density at radius 2 is 1.21 bits per heavy atom. The van der Waals surface area contributed by atoms with Crippen molar-refractivity contribution in [2.45, 2.75) is 50.0 Å². The van der Waals surface area contributed by atoms with Gasteiger partial charge < -0.3 is 29.6 Å². The first-order valence-electron chi connectivity index (χ1n) is 8.70. The van der Waals surface area contributed by atoms with Gasteiger partial charge in [-0.25, -0.2) is 0 Å². The summed E-state index contributed by atoms with van der Waals surface area (Å²) >= 11 is 0. The van der Waals surface area contributed by atoms with Crippen molar-refractivity contribution in [3.63, 3.8) is 0 Å². The Balaban J connectivity index is 1.62. The van der Waals surface area contributed by atoms with Crippen LogP contribution in [0.15, 0.2) is 0 Å². The maximum absolute atomic E-state index is 12.1. The number of amides is 2. The number of nitrogens with one attached hydrogen (secondary N) is 2. The number of hydrogen-bond donors (Lipinski definition) is 2. The number of ether oxygens (including phenoxy) is 4. The van der Waals surface area contributed by atoms with E-state index in [0.717, 1.165) is 25.7 Å². The van der Waals surface area contributed by atoms with Gasteiger partial charge in [-0.2, -0.15) is 0 Å². The molecule has 4 atom stereocenters. The fourth-order valence-electron chi connectivity index (χ4n) is 3.37. The van der Waals surface area contributed by atoms with Crippen molar-refractivity contribution < 1.29 is 28.5 Å². The van der Waals surface area contributed by atoms with E-state index in [0.29, 0.717) is 13.2 Å². The summed E-state index contributed by atoms with van der Waals surface area (Å²) < 4.78 is 22.4. The first-order valence-corrected chi connectivity index (χ1v) is 8.70. The van der Waals surface area contributed by atoms with Crippen molar-refractivity contribution in [2.75, 3.05) is 39.6 Å². The van der Waals surface area contributed by atoms with E-state index in [1.165, 1.54) is 0 Å². The average molecular weight is 342 g/mol. The summed E-state index contributed by atoms with van der Waals surface area (Å²) in [7, 11) is 0. The van der Waals surface area contributed by atoms with Crippen molar-refractivity contribution in [3.8, 4) is 0 Å². The second-order valence-electron chi connectivity index (χ2n) is 6.48. The van der Waals surface area contributed by atoms with E-state index in [9.17, 15) is 9.59 Å². The largest absolute Gasteiger partial charge is 0.374 e. The van der Waals surface area contributed by atoms with Gasteiger partial charge in [0.15, 0.2) is 0 Å². The first kappa shape index (κ1) is 17.6. The normalized spacial score (nSPS) is 36.5. The van der Waals surface area contributed by atoms with Gasteiger partial charge in [-0.1, -0.05) is 0 Å². The van der Waals surface area contributed by atoms with Crippen LogP contribution in [0.3, 0.4) is 0 Å². The molecule has 3 rings (SSSR count). The highest BCUT2D eigenvalue weighted by Gasteiger charge is 2.30. The summed E-state index contributed by atoms with van der Waals surface area (Å²) in [5, 5.41) is 5.89. The van der Waals surface area contributed by atoms with Gasteiger partial charge >= 0.3 is 0 Å². The summed E-state index contributed by atoms with van der Waals surface area (Å²) in [5.74, 6) is -0.326. The Hall–Kier alpha value is -1.22. The molecule has 3 fully saturated rings. The van der Waals surface area contributed by atoms with Crippen molar-refractivity contribution in [3.05, 3.63) is 0 Å². The van der Waals surface area contributed by atoms with E-state index in [1.54, 1.807) is 0 Å². The second kappa shape index (κ2) is 8.75. The molecule has 3 aliphatic heterocycles. The molecule has 0 bridgehead atoms. The third kappa shape index (κ3) is 4.89. The van der Waals surface area contributed by atoms with Crippen molar-refractivity contribution in [1.29, 1.82) is 0 Å². The van der Waals surface area contributed by atoms with E-state index in [-0.39, 0.29) is 62.5 Å². The van der Waals surface area contributed by atoms with Crippen molar-refractivity contribution >= 4 is 11.8 Å². The molecule has 3 saturated heterocycles. The zero-order valence-corrected chi connectivity index (χ0v) is 13.8. The maximum Gasteiger partial charge on any atom is 0.246 e. The van der Waals surface area contributed by atoms with Crippen LogP contribution in [0.4, 0.5) is 0 Å². The van der Waals surface area contributed by atoms with Crippen LogP contribution in [0.2, 0.25) is 0 Å². The average Bonchev–Trinajstić information content (AvgIpc) is 2.57. The predicted molar refractivity (Wildman–Crippen MR) is 83.4 cm³/mol. The topological polar surface area (TPSA) is 95.1 Å². The van der Waals surface area contributed by atoms with Gasteiger partial charge in [0.25, 0.3) is 0 Å². The van der Waals surface area contributed by atoms with Crippen LogP contribution in [0.5, 0.6) is 0 Å². The third-order valence-electron chi connectivity index (χ3n) is 4.60. The molecule has 8 heteroatoms. The molecule has 0 aromatic carbocycles. The van der Waals surface area contributed by atoms with Gasteiger partial charge in [-0.3, -0.25) is 9.59 Å². The Morgan fingerprint density at radius 3 is 1.67 bits per heavy atom. The quantitative estimate of drug-likeness (QED) is 0.608.